The van der Waals surface area contributed by atoms with Crippen LogP contribution in [0, 0.1) is 11.6 Å². The molecule has 10 heteroatoms. The molecule has 1 aliphatic heterocycles. The summed E-state index contributed by atoms with van der Waals surface area (Å²) in [6.45, 7) is 0.949. The lowest BCUT2D eigenvalue weighted by atomic mass is 9.85. The number of nitrogens with zero attached hydrogens (tertiary/aromatic N) is 1. The van der Waals surface area contributed by atoms with Crippen LogP contribution in [0.25, 0.3) is 0 Å². The zero-order valence-electron chi connectivity index (χ0n) is 18.0. The van der Waals surface area contributed by atoms with Crippen LogP contribution in [-0.2, 0) is 19.9 Å². The molecule has 5 amide bonds. The Morgan fingerprint density at radius 1 is 0.970 bits per heavy atom. The molecule has 174 valence electrons. The van der Waals surface area contributed by atoms with Gasteiger partial charge in [0.15, 0.2) is 0 Å². The van der Waals surface area contributed by atoms with E-state index >= 15 is 0 Å². The van der Waals surface area contributed by atoms with Gasteiger partial charge in [-0.25, -0.2) is 13.6 Å². The van der Waals surface area contributed by atoms with Crippen molar-refractivity contribution < 1.29 is 28.0 Å². The van der Waals surface area contributed by atoms with Gasteiger partial charge in [0.05, 0.1) is 6.54 Å². The molecule has 3 rings (SSSR count). The summed E-state index contributed by atoms with van der Waals surface area (Å²) in [4.78, 5) is 50.9. The van der Waals surface area contributed by atoms with E-state index in [1.165, 1.54) is 48.5 Å². The van der Waals surface area contributed by atoms with Crippen molar-refractivity contribution in [3.63, 3.8) is 0 Å². The van der Waals surface area contributed by atoms with Gasteiger partial charge in [0.1, 0.15) is 23.7 Å². The van der Waals surface area contributed by atoms with Crippen LogP contribution >= 0.6 is 0 Å². The fourth-order valence-corrected chi connectivity index (χ4v) is 3.57. The van der Waals surface area contributed by atoms with E-state index in [-0.39, 0.29) is 6.42 Å². The van der Waals surface area contributed by atoms with Crippen molar-refractivity contribution in [3.8, 4) is 0 Å². The molecular weight excluding hydrogens is 434 g/mol. The van der Waals surface area contributed by atoms with E-state index in [9.17, 15) is 28.0 Å². The first-order valence-corrected chi connectivity index (χ1v) is 10.5. The number of benzene rings is 2. The lowest BCUT2D eigenvalue weighted by Gasteiger charge is -2.27. The average molecular weight is 458 g/mol. The fourth-order valence-electron chi connectivity index (χ4n) is 3.57. The second-order valence-electron chi connectivity index (χ2n) is 7.67. The predicted molar refractivity (Wildman–Crippen MR) is 116 cm³/mol. The van der Waals surface area contributed by atoms with Gasteiger partial charge in [-0.3, -0.25) is 19.3 Å². The highest BCUT2D eigenvalue weighted by Crippen LogP contribution is 2.34. The molecule has 8 nitrogen and oxygen atoms in total. The zero-order valence-corrected chi connectivity index (χ0v) is 18.0. The number of rotatable bonds is 9. The number of anilines is 1. The highest BCUT2D eigenvalue weighted by molar-refractivity contribution is 6.09. The zero-order chi connectivity index (χ0) is 24.0. The normalized spacial score (nSPS) is 17.6. The van der Waals surface area contributed by atoms with E-state index in [2.05, 4.69) is 16.0 Å². The van der Waals surface area contributed by atoms with Crippen molar-refractivity contribution in [2.45, 2.75) is 31.7 Å². The minimum absolute atomic E-state index is 0.290. The summed E-state index contributed by atoms with van der Waals surface area (Å²) in [6.07, 6.45) is 1.67. The molecule has 0 radical (unpaired) electrons. The van der Waals surface area contributed by atoms with Crippen LogP contribution in [-0.4, -0.2) is 41.7 Å². The fraction of sp³-hybridized carbons (Fsp3) is 0.304. The highest BCUT2D eigenvalue weighted by Gasteiger charge is 2.52. The molecule has 0 spiro atoms. The molecule has 1 aliphatic rings. The number of hydrogen-bond acceptors (Lipinski definition) is 4. The predicted octanol–water partition coefficient (Wildman–Crippen LogP) is 2.66. The Hall–Kier alpha value is -3.82. The summed E-state index contributed by atoms with van der Waals surface area (Å²) in [5.74, 6) is -2.81. The van der Waals surface area contributed by atoms with E-state index in [0.717, 1.165) is 11.3 Å². The van der Waals surface area contributed by atoms with Crippen molar-refractivity contribution in [2.75, 3.05) is 18.4 Å². The molecule has 1 unspecified atom stereocenters. The number of amides is 5. The minimum atomic E-state index is -1.39. The average Bonchev–Trinajstić information content (AvgIpc) is 3.03. The molecule has 2 aromatic rings. The van der Waals surface area contributed by atoms with Gasteiger partial charge >= 0.3 is 6.03 Å². The Morgan fingerprint density at radius 3 is 2.18 bits per heavy atom. The van der Waals surface area contributed by atoms with Crippen molar-refractivity contribution in [1.29, 1.82) is 0 Å². The maximum absolute atomic E-state index is 13.4. The van der Waals surface area contributed by atoms with Crippen LogP contribution in [0.1, 0.15) is 31.7 Å². The summed E-state index contributed by atoms with van der Waals surface area (Å²) in [5.41, 5.74) is -0.608. The first-order chi connectivity index (χ1) is 15.7. The van der Waals surface area contributed by atoms with Gasteiger partial charge in [-0.15, -0.1) is 0 Å². The number of hydrogen-bond donors (Lipinski definition) is 3. The Bertz CT molecular complexity index is 1040. The molecule has 3 N–H and O–H groups in total. The number of carbonyl (C=O) groups is 4. The molecule has 1 atom stereocenters. The summed E-state index contributed by atoms with van der Waals surface area (Å²) >= 11 is 0. The van der Waals surface area contributed by atoms with E-state index in [1.54, 1.807) is 0 Å². The standard InChI is InChI=1S/C23H24F2N4O4/c1-2-3-12-23(15-4-6-16(24)7-5-15)21(32)29(22(33)28-23)14-20(31)26-13-19(30)27-18-10-8-17(25)9-11-18/h4-11H,2-3,12-14H2,1H3,(H,26,31)(H,27,30)(H,28,33). The molecule has 0 aliphatic carbocycles. The molecule has 0 aromatic heterocycles. The molecule has 1 heterocycles. The van der Waals surface area contributed by atoms with Crippen molar-refractivity contribution in [1.82, 2.24) is 15.5 Å². The second-order valence-corrected chi connectivity index (χ2v) is 7.67. The smallest absolute Gasteiger partial charge is 0.325 e. The molecule has 0 bridgehead atoms. The van der Waals surface area contributed by atoms with Gasteiger partial charge in [0.2, 0.25) is 11.8 Å². The van der Waals surface area contributed by atoms with Crippen molar-refractivity contribution in [3.05, 3.63) is 65.7 Å². The van der Waals surface area contributed by atoms with Gasteiger partial charge in [-0.2, -0.15) is 0 Å². The number of imide groups is 1. The number of nitrogens with one attached hydrogen (secondary N) is 3. The summed E-state index contributed by atoms with van der Waals surface area (Å²) in [6, 6.07) is 9.64. The Morgan fingerprint density at radius 2 is 1.58 bits per heavy atom. The van der Waals surface area contributed by atoms with E-state index in [1.807, 2.05) is 6.92 Å². The highest BCUT2D eigenvalue weighted by atomic mass is 19.1. The third-order valence-electron chi connectivity index (χ3n) is 5.29. The lowest BCUT2D eigenvalue weighted by molar-refractivity contribution is -0.135. The number of halogens is 2. The second kappa shape index (κ2) is 10.2. The van der Waals surface area contributed by atoms with Gasteiger partial charge in [-0.1, -0.05) is 31.9 Å². The summed E-state index contributed by atoms with van der Waals surface area (Å²) in [7, 11) is 0. The monoisotopic (exact) mass is 458 g/mol. The largest absolute Gasteiger partial charge is 0.345 e. The Balaban J connectivity index is 1.63. The third kappa shape index (κ3) is 5.51. The maximum Gasteiger partial charge on any atom is 0.325 e. The molecule has 1 fully saturated rings. The number of carbonyl (C=O) groups excluding carboxylic acids is 4. The SMILES string of the molecule is CCCCC1(c2ccc(F)cc2)NC(=O)N(CC(=O)NCC(=O)Nc2ccc(F)cc2)C1=O. The van der Waals surface area contributed by atoms with Crippen molar-refractivity contribution >= 4 is 29.4 Å². The quantitative estimate of drug-likeness (QED) is 0.502. The molecular formula is C23H24F2N4O4. The molecule has 33 heavy (non-hydrogen) atoms. The van der Waals surface area contributed by atoms with E-state index in [4.69, 9.17) is 0 Å². The van der Waals surface area contributed by atoms with Gasteiger partial charge in [0.25, 0.3) is 5.91 Å². The third-order valence-corrected chi connectivity index (χ3v) is 5.29. The van der Waals surface area contributed by atoms with Crippen LogP contribution in [0.4, 0.5) is 19.3 Å². The summed E-state index contributed by atoms with van der Waals surface area (Å²) in [5, 5.41) is 7.51. The van der Waals surface area contributed by atoms with E-state index < -0.39 is 54.0 Å². The molecule has 2 aromatic carbocycles. The number of urea groups is 1. The van der Waals surface area contributed by atoms with Gasteiger partial charge in [0, 0.05) is 5.69 Å². The van der Waals surface area contributed by atoms with Crippen LogP contribution in [0.5, 0.6) is 0 Å². The maximum atomic E-state index is 13.4. The Labute approximate surface area is 189 Å². The molecule has 0 saturated carbocycles. The van der Waals surface area contributed by atoms with Crippen LogP contribution in [0.3, 0.4) is 0 Å². The van der Waals surface area contributed by atoms with Crippen molar-refractivity contribution in [2.24, 2.45) is 0 Å². The number of unbranched alkanes of at least 4 members (excludes halogenated alkanes) is 1. The van der Waals surface area contributed by atoms with Crippen LogP contribution in [0.15, 0.2) is 48.5 Å². The molecule has 1 saturated heterocycles. The summed E-state index contributed by atoms with van der Waals surface area (Å²) < 4.78 is 26.3. The topological polar surface area (TPSA) is 108 Å². The van der Waals surface area contributed by atoms with Crippen LogP contribution < -0.4 is 16.0 Å². The van der Waals surface area contributed by atoms with Gasteiger partial charge < -0.3 is 16.0 Å². The first-order valence-electron chi connectivity index (χ1n) is 10.5. The van der Waals surface area contributed by atoms with E-state index in [0.29, 0.717) is 17.7 Å². The van der Waals surface area contributed by atoms with Gasteiger partial charge in [-0.05, 0) is 48.4 Å². The van der Waals surface area contributed by atoms with Crippen LogP contribution in [0.2, 0.25) is 0 Å². The minimum Gasteiger partial charge on any atom is -0.345 e. The first kappa shape index (κ1) is 23.8. The lowest BCUT2D eigenvalue weighted by Crippen LogP contribution is -2.46. The Kier molecular flexibility index (Phi) is 7.37.